The second-order valence-corrected chi connectivity index (χ2v) is 10.6. The normalized spacial score (nSPS) is 11.9. The molecule has 2 nitrogen and oxygen atoms in total. The van der Waals surface area contributed by atoms with Crippen LogP contribution in [-0.4, -0.2) is 48.5 Å². The molecule has 0 aromatic heterocycles. The molecule has 0 fully saturated rings. The molecular formula is C26H51N2Si+. The first-order chi connectivity index (χ1) is 14.1. The van der Waals surface area contributed by atoms with Crippen molar-refractivity contribution in [3.8, 4) is 0 Å². The lowest BCUT2D eigenvalue weighted by atomic mass is 10.0. The van der Waals surface area contributed by atoms with E-state index >= 15 is 0 Å². The van der Waals surface area contributed by atoms with Crippen LogP contribution in [0.2, 0.25) is 6.04 Å². The third-order valence-corrected chi connectivity index (χ3v) is 6.76. The zero-order chi connectivity index (χ0) is 21.0. The Balaban J connectivity index is 1.81. The predicted molar refractivity (Wildman–Crippen MR) is 135 cm³/mol. The van der Waals surface area contributed by atoms with Crippen molar-refractivity contribution in [2.75, 3.05) is 33.7 Å². The van der Waals surface area contributed by atoms with Crippen molar-refractivity contribution in [1.29, 1.82) is 0 Å². The molecule has 0 saturated heterocycles. The van der Waals surface area contributed by atoms with Crippen molar-refractivity contribution in [1.82, 2.24) is 5.32 Å². The van der Waals surface area contributed by atoms with Crippen LogP contribution >= 0.6 is 0 Å². The number of hydrogen-bond donors (Lipinski definition) is 1. The van der Waals surface area contributed by atoms with Crippen LogP contribution in [0.25, 0.3) is 0 Å². The standard InChI is InChI=1S/C26H51N2Si/c1-28(2,25-26-19-15-14-16-20-26)23-22-27-21-17-12-10-8-6-4-3-5-7-9-11-13-18-24-29/h14-16,19-20,27H,3-13,17-18,21-25H2,1-2,29H3/q+1. The molecule has 0 saturated carbocycles. The number of likely N-dealkylation sites (N-methyl/N-ethyl adjacent to an activating group) is 1. The van der Waals surface area contributed by atoms with Crippen molar-refractivity contribution in [3.05, 3.63) is 35.9 Å². The minimum Gasteiger partial charge on any atom is -0.324 e. The van der Waals surface area contributed by atoms with Crippen molar-refractivity contribution < 1.29 is 4.48 Å². The Hall–Kier alpha value is -0.643. The molecule has 0 unspecified atom stereocenters. The van der Waals surface area contributed by atoms with E-state index in [2.05, 4.69) is 49.7 Å². The molecule has 0 aliphatic heterocycles. The molecule has 1 rings (SSSR count). The van der Waals surface area contributed by atoms with Gasteiger partial charge in [0.2, 0.25) is 0 Å². The summed E-state index contributed by atoms with van der Waals surface area (Å²) in [4.78, 5) is 0. The van der Waals surface area contributed by atoms with Gasteiger partial charge in [0.25, 0.3) is 0 Å². The quantitative estimate of drug-likeness (QED) is 0.162. The first-order valence-corrected chi connectivity index (χ1v) is 14.1. The Bertz CT molecular complexity index is 461. The molecule has 3 heteroatoms. The van der Waals surface area contributed by atoms with Gasteiger partial charge in [-0.05, 0) is 13.0 Å². The van der Waals surface area contributed by atoms with Crippen molar-refractivity contribution in [2.45, 2.75) is 96.1 Å². The maximum absolute atomic E-state index is 3.66. The monoisotopic (exact) mass is 419 g/mol. The molecule has 0 bridgehead atoms. The lowest BCUT2D eigenvalue weighted by Crippen LogP contribution is -2.43. The molecule has 168 valence electrons. The zero-order valence-corrected chi connectivity index (χ0v) is 22.1. The topological polar surface area (TPSA) is 12.0 Å². The molecule has 1 aromatic carbocycles. The SMILES string of the molecule is C[N+](C)(CCNCCCCCCCCCCCCCCC[SiH3])Cc1ccccc1. The van der Waals surface area contributed by atoms with E-state index in [9.17, 15) is 0 Å². The summed E-state index contributed by atoms with van der Waals surface area (Å²) in [5.74, 6) is 0. The average molecular weight is 420 g/mol. The summed E-state index contributed by atoms with van der Waals surface area (Å²) in [6.07, 6.45) is 18.9. The second kappa shape index (κ2) is 18.2. The Morgan fingerprint density at radius 2 is 1.14 bits per heavy atom. The summed E-state index contributed by atoms with van der Waals surface area (Å²) in [5.41, 5.74) is 1.44. The summed E-state index contributed by atoms with van der Waals surface area (Å²) in [7, 11) is 6.07. The van der Waals surface area contributed by atoms with Crippen LogP contribution in [0.3, 0.4) is 0 Å². The van der Waals surface area contributed by atoms with E-state index in [4.69, 9.17) is 0 Å². The van der Waals surface area contributed by atoms with Crippen molar-refractivity contribution in [3.63, 3.8) is 0 Å². The zero-order valence-electron chi connectivity index (χ0n) is 20.1. The fraction of sp³-hybridized carbons (Fsp3) is 0.769. The lowest BCUT2D eigenvalue weighted by molar-refractivity contribution is -0.902. The summed E-state index contributed by atoms with van der Waals surface area (Å²) < 4.78 is 1.05. The Kier molecular flexibility index (Phi) is 16.5. The first-order valence-electron chi connectivity index (χ1n) is 12.7. The fourth-order valence-corrected chi connectivity index (χ4v) is 4.61. The molecule has 0 aliphatic carbocycles. The first kappa shape index (κ1) is 26.4. The number of nitrogens with zero attached hydrogens (tertiary/aromatic N) is 1. The number of hydrogen-bond acceptors (Lipinski definition) is 1. The highest BCUT2D eigenvalue weighted by Gasteiger charge is 2.14. The number of nitrogens with one attached hydrogen (secondary N) is 1. The van der Waals surface area contributed by atoms with Crippen LogP contribution in [-0.2, 0) is 6.54 Å². The molecule has 0 radical (unpaired) electrons. The van der Waals surface area contributed by atoms with E-state index in [0.717, 1.165) is 17.6 Å². The van der Waals surface area contributed by atoms with Crippen LogP contribution in [0.4, 0.5) is 0 Å². The smallest absolute Gasteiger partial charge is 0.104 e. The summed E-state index contributed by atoms with van der Waals surface area (Å²) >= 11 is 0. The molecule has 1 aromatic rings. The summed E-state index contributed by atoms with van der Waals surface area (Å²) in [6, 6.07) is 12.4. The van der Waals surface area contributed by atoms with Gasteiger partial charge in [0.1, 0.15) is 6.54 Å². The van der Waals surface area contributed by atoms with Crippen LogP contribution in [0.5, 0.6) is 0 Å². The molecule has 29 heavy (non-hydrogen) atoms. The highest BCUT2D eigenvalue weighted by molar-refractivity contribution is 6.08. The van der Waals surface area contributed by atoms with E-state index in [-0.39, 0.29) is 0 Å². The van der Waals surface area contributed by atoms with Gasteiger partial charge in [-0.1, -0.05) is 113 Å². The molecule has 0 spiro atoms. The number of unbranched alkanes of at least 4 members (excludes halogenated alkanes) is 12. The number of benzene rings is 1. The van der Waals surface area contributed by atoms with E-state index in [1.165, 1.54) is 118 Å². The highest BCUT2D eigenvalue weighted by Crippen LogP contribution is 2.13. The van der Waals surface area contributed by atoms with Gasteiger partial charge in [-0.15, -0.1) is 0 Å². The Labute approximate surface area is 185 Å². The Morgan fingerprint density at radius 1 is 0.655 bits per heavy atom. The van der Waals surface area contributed by atoms with Gasteiger partial charge in [-0.2, -0.15) is 0 Å². The molecule has 0 atom stereocenters. The molecular weight excluding hydrogens is 368 g/mol. The maximum atomic E-state index is 3.66. The van der Waals surface area contributed by atoms with Crippen LogP contribution in [0, 0.1) is 0 Å². The average Bonchev–Trinajstić information content (AvgIpc) is 2.70. The third-order valence-electron chi connectivity index (χ3n) is 6.05. The summed E-state index contributed by atoms with van der Waals surface area (Å²) in [6.45, 7) is 4.61. The van der Waals surface area contributed by atoms with Gasteiger partial charge >= 0.3 is 0 Å². The van der Waals surface area contributed by atoms with Crippen LogP contribution in [0.15, 0.2) is 30.3 Å². The maximum Gasteiger partial charge on any atom is 0.104 e. The van der Waals surface area contributed by atoms with Gasteiger partial charge in [-0.3, -0.25) is 0 Å². The molecule has 0 amide bonds. The minimum atomic E-state index is 1.05. The molecule has 1 N–H and O–H groups in total. The summed E-state index contributed by atoms with van der Waals surface area (Å²) in [5, 5.41) is 3.66. The minimum absolute atomic E-state index is 1.05. The molecule has 0 aliphatic rings. The second-order valence-electron chi connectivity index (χ2n) is 9.65. The van der Waals surface area contributed by atoms with Gasteiger partial charge in [0.05, 0.1) is 20.6 Å². The van der Waals surface area contributed by atoms with E-state index in [1.54, 1.807) is 0 Å². The number of rotatable bonds is 20. The van der Waals surface area contributed by atoms with Crippen LogP contribution < -0.4 is 5.32 Å². The van der Waals surface area contributed by atoms with E-state index in [1.807, 2.05) is 0 Å². The van der Waals surface area contributed by atoms with E-state index < -0.39 is 0 Å². The van der Waals surface area contributed by atoms with Gasteiger partial charge in [0, 0.05) is 22.4 Å². The highest BCUT2D eigenvalue weighted by atomic mass is 28.1. The molecule has 0 heterocycles. The number of quaternary nitrogens is 1. The lowest BCUT2D eigenvalue weighted by Gasteiger charge is -2.30. The van der Waals surface area contributed by atoms with Crippen molar-refractivity contribution >= 4 is 10.2 Å². The van der Waals surface area contributed by atoms with Crippen molar-refractivity contribution in [2.24, 2.45) is 0 Å². The largest absolute Gasteiger partial charge is 0.324 e. The fourth-order valence-electron chi connectivity index (χ4n) is 4.11. The van der Waals surface area contributed by atoms with Gasteiger partial charge < -0.3 is 9.80 Å². The van der Waals surface area contributed by atoms with Gasteiger partial charge in [-0.25, -0.2) is 0 Å². The van der Waals surface area contributed by atoms with Gasteiger partial charge in [0.15, 0.2) is 0 Å². The predicted octanol–water partition coefficient (Wildman–Crippen LogP) is 5.71. The Morgan fingerprint density at radius 3 is 1.66 bits per heavy atom. The van der Waals surface area contributed by atoms with E-state index in [0.29, 0.717) is 0 Å². The van der Waals surface area contributed by atoms with Crippen LogP contribution in [0.1, 0.15) is 89.0 Å². The third kappa shape index (κ3) is 16.8.